The number of nitrogens with one attached hydrogen (secondary N) is 3. The topological polar surface area (TPSA) is 82.2 Å². The van der Waals surface area contributed by atoms with Crippen LogP contribution in [0.25, 0.3) is 22.2 Å². The molecule has 0 aliphatic carbocycles. The van der Waals surface area contributed by atoms with E-state index in [2.05, 4.69) is 31.9 Å². The maximum absolute atomic E-state index is 11.1. The van der Waals surface area contributed by atoms with Crippen LogP contribution in [0.5, 0.6) is 0 Å². The minimum Gasteiger partial charge on any atom is -0.361 e. The highest BCUT2D eigenvalue weighted by atomic mass is 32.1. The number of hydrogen-bond donors (Lipinski definition) is 3. The van der Waals surface area contributed by atoms with Crippen LogP contribution in [0.3, 0.4) is 0 Å². The highest BCUT2D eigenvalue weighted by molar-refractivity contribution is 7.14. The number of thiazole rings is 1. The van der Waals surface area contributed by atoms with Crippen LogP contribution in [-0.2, 0) is 4.79 Å². The fourth-order valence-corrected chi connectivity index (χ4v) is 3.41. The summed E-state index contributed by atoms with van der Waals surface area (Å²) < 4.78 is 0. The first-order chi connectivity index (χ1) is 13.2. The fourth-order valence-electron chi connectivity index (χ4n) is 2.74. The van der Waals surface area contributed by atoms with Gasteiger partial charge >= 0.3 is 0 Å². The van der Waals surface area contributed by atoms with Gasteiger partial charge in [-0.1, -0.05) is 30.3 Å². The molecular formula is C20H17N5OS. The number of aromatic nitrogens is 2. The van der Waals surface area contributed by atoms with E-state index in [0.717, 1.165) is 33.4 Å². The Kier molecular flexibility index (Phi) is 4.67. The number of fused-ring (bicyclic) bond motifs is 1. The second kappa shape index (κ2) is 7.43. The molecule has 0 aliphatic rings. The van der Waals surface area contributed by atoms with Gasteiger partial charge in [-0.2, -0.15) is 5.10 Å². The first-order valence-electron chi connectivity index (χ1n) is 8.38. The number of carbonyl (C=O) groups excluding carboxylic acids is 1. The Labute approximate surface area is 160 Å². The van der Waals surface area contributed by atoms with Crippen molar-refractivity contribution < 1.29 is 4.79 Å². The first kappa shape index (κ1) is 17.0. The van der Waals surface area contributed by atoms with Gasteiger partial charge in [-0.3, -0.25) is 10.2 Å². The first-order valence-corrected chi connectivity index (χ1v) is 9.26. The third-order valence-electron chi connectivity index (χ3n) is 3.99. The van der Waals surface area contributed by atoms with Crippen molar-refractivity contribution in [1.82, 2.24) is 9.97 Å². The van der Waals surface area contributed by atoms with Crippen LogP contribution in [0.1, 0.15) is 12.5 Å². The molecule has 3 N–H and O–H groups in total. The van der Waals surface area contributed by atoms with Crippen LogP contribution >= 0.6 is 11.3 Å². The van der Waals surface area contributed by atoms with Crippen molar-refractivity contribution in [3.8, 4) is 11.3 Å². The molecule has 7 heteroatoms. The Morgan fingerprint density at radius 3 is 2.81 bits per heavy atom. The Morgan fingerprint density at radius 2 is 2.00 bits per heavy atom. The highest BCUT2D eigenvalue weighted by Crippen LogP contribution is 2.26. The van der Waals surface area contributed by atoms with Gasteiger partial charge in [0.25, 0.3) is 0 Å². The minimum atomic E-state index is -0.0871. The van der Waals surface area contributed by atoms with Crippen molar-refractivity contribution in [2.75, 3.05) is 10.7 Å². The van der Waals surface area contributed by atoms with Gasteiger partial charge in [0.15, 0.2) is 0 Å². The molecule has 1 amide bonds. The molecule has 4 aromatic rings. The van der Waals surface area contributed by atoms with E-state index in [1.165, 1.54) is 18.3 Å². The van der Waals surface area contributed by atoms with Crippen molar-refractivity contribution in [1.29, 1.82) is 0 Å². The summed E-state index contributed by atoms with van der Waals surface area (Å²) in [6.45, 7) is 1.49. The number of nitrogens with zero attached hydrogens (tertiary/aromatic N) is 2. The predicted molar refractivity (Wildman–Crippen MR) is 111 cm³/mol. The standard InChI is InChI=1S/C20H17N5OS/c1-13(26)23-16-8-6-14(7-9-16)19-12-27-20(24-19)25-22-11-15-10-21-18-5-3-2-4-17(15)18/h2-12,21H,1H3,(H,23,26)(H,24,25)/b22-11+. The van der Waals surface area contributed by atoms with E-state index in [4.69, 9.17) is 0 Å². The second-order valence-electron chi connectivity index (χ2n) is 5.96. The lowest BCUT2D eigenvalue weighted by molar-refractivity contribution is -0.114. The predicted octanol–water partition coefficient (Wildman–Crippen LogP) is 4.70. The molecular weight excluding hydrogens is 358 g/mol. The third kappa shape index (κ3) is 3.88. The van der Waals surface area contributed by atoms with Crippen LogP contribution in [-0.4, -0.2) is 22.1 Å². The van der Waals surface area contributed by atoms with Crippen LogP contribution in [0.2, 0.25) is 0 Å². The molecule has 0 saturated carbocycles. The molecule has 0 saturated heterocycles. The number of aromatic amines is 1. The Balaban J connectivity index is 1.44. The molecule has 0 bridgehead atoms. The summed E-state index contributed by atoms with van der Waals surface area (Å²) in [6.07, 6.45) is 3.71. The number of para-hydroxylation sites is 1. The smallest absolute Gasteiger partial charge is 0.221 e. The monoisotopic (exact) mass is 375 g/mol. The number of anilines is 2. The molecule has 27 heavy (non-hydrogen) atoms. The molecule has 2 heterocycles. The van der Waals surface area contributed by atoms with Crippen LogP contribution in [0, 0.1) is 0 Å². The summed E-state index contributed by atoms with van der Waals surface area (Å²) in [6, 6.07) is 15.7. The summed E-state index contributed by atoms with van der Waals surface area (Å²) in [5, 5.41) is 10.9. The summed E-state index contributed by atoms with van der Waals surface area (Å²) >= 11 is 1.49. The van der Waals surface area contributed by atoms with E-state index in [1.807, 2.05) is 54.0 Å². The quantitative estimate of drug-likeness (QED) is 0.349. The van der Waals surface area contributed by atoms with E-state index >= 15 is 0 Å². The van der Waals surface area contributed by atoms with Crippen LogP contribution < -0.4 is 10.7 Å². The van der Waals surface area contributed by atoms with Gasteiger partial charge in [0.05, 0.1) is 11.9 Å². The van der Waals surface area contributed by atoms with E-state index in [9.17, 15) is 4.79 Å². The van der Waals surface area contributed by atoms with E-state index in [0.29, 0.717) is 5.13 Å². The number of carbonyl (C=O) groups is 1. The Bertz CT molecular complexity index is 1110. The van der Waals surface area contributed by atoms with Gasteiger partial charge in [0.2, 0.25) is 11.0 Å². The number of benzene rings is 2. The van der Waals surface area contributed by atoms with Crippen LogP contribution in [0.4, 0.5) is 10.8 Å². The normalized spacial score (nSPS) is 11.1. The zero-order valence-corrected chi connectivity index (χ0v) is 15.4. The second-order valence-corrected chi connectivity index (χ2v) is 6.81. The average Bonchev–Trinajstić information content (AvgIpc) is 3.30. The van der Waals surface area contributed by atoms with E-state index < -0.39 is 0 Å². The molecule has 4 rings (SSSR count). The van der Waals surface area contributed by atoms with Gasteiger partial charge in [-0.15, -0.1) is 11.3 Å². The molecule has 0 aliphatic heterocycles. The molecule has 0 fully saturated rings. The average molecular weight is 375 g/mol. The Morgan fingerprint density at radius 1 is 1.19 bits per heavy atom. The third-order valence-corrected chi connectivity index (χ3v) is 4.74. The van der Waals surface area contributed by atoms with Gasteiger partial charge in [0, 0.05) is 46.2 Å². The van der Waals surface area contributed by atoms with E-state index in [1.54, 1.807) is 6.21 Å². The molecule has 2 aromatic heterocycles. The van der Waals surface area contributed by atoms with Crippen molar-refractivity contribution >= 4 is 45.2 Å². The lowest BCUT2D eigenvalue weighted by atomic mass is 10.1. The molecule has 134 valence electrons. The number of rotatable bonds is 5. The molecule has 0 unspecified atom stereocenters. The molecule has 2 aromatic carbocycles. The van der Waals surface area contributed by atoms with Crippen LogP contribution in [0.15, 0.2) is 65.2 Å². The highest BCUT2D eigenvalue weighted by Gasteiger charge is 2.05. The molecule has 0 radical (unpaired) electrons. The number of H-pyrrole nitrogens is 1. The molecule has 6 nitrogen and oxygen atoms in total. The maximum atomic E-state index is 11.1. The SMILES string of the molecule is CC(=O)Nc1ccc(-c2csc(N/N=C/c3c[nH]c4ccccc34)n2)cc1. The zero-order valence-electron chi connectivity index (χ0n) is 14.6. The number of hydrazone groups is 1. The van der Waals surface area contributed by atoms with Crippen molar-refractivity contribution in [3.63, 3.8) is 0 Å². The minimum absolute atomic E-state index is 0.0871. The summed E-state index contributed by atoms with van der Waals surface area (Å²) in [5.41, 5.74) is 7.69. The lowest BCUT2D eigenvalue weighted by Crippen LogP contribution is -2.05. The summed E-state index contributed by atoms with van der Waals surface area (Å²) in [7, 11) is 0. The van der Waals surface area contributed by atoms with Crippen molar-refractivity contribution in [2.24, 2.45) is 5.10 Å². The fraction of sp³-hybridized carbons (Fsp3) is 0.0500. The van der Waals surface area contributed by atoms with Gasteiger partial charge in [0.1, 0.15) is 0 Å². The van der Waals surface area contributed by atoms with Gasteiger partial charge in [-0.05, 0) is 18.2 Å². The lowest BCUT2D eigenvalue weighted by Gasteiger charge is -2.02. The Hall–Kier alpha value is -3.45. The number of amides is 1. The summed E-state index contributed by atoms with van der Waals surface area (Å²) in [4.78, 5) is 18.9. The molecule has 0 spiro atoms. The van der Waals surface area contributed by atoms with Crippen molar-refractivity contribution in [3.05, 3.63) is 65.7 Å². The van der Waals surface area contributed by atoms with Gasteiger partial charge in [-0.25, -0.2) is 4.98 Å². The van der Waals surface area contributed by atoms with Gasteiger partial charge < -0.3 is 10.3 Å². The summed E-state index contributed by atoms with van der Waals surface area (Å²) in [5.74, 6) is -0.0871. The largest absolute Gasteiger partial charge is 0.361 e. The van der Waals surface area contributed by atoms with Crippen molar-refractivity contribution in [2.45, 2.75) is 6.92 Å². The zero-order chi connectivity index (χ0) is 18.6. The van der Waals surface area contributed by atoms with E-state index in [-0.39, 0.29) is 5.91 Å². The maximum Gasteiger partial charge on any atom is 0.221 e. The molecule has 0 atom stereocenters. The number of hydrogen-bond acceptors (Lipinski definition) is 5.